The quantitative estimate of drug-likeness (QED) is 0.902. The fourth-order valence-electron chi connectivity index (χ4n) is 3.18. The van der Waals surface area contributed by atoms with Crippen LogP contribution in [0.15, 0.2) is 24.3 Å². The van der Waals surface area contributed by atoms with Gasteiger partial charge in [-0.3, -0.25) is 0 Å². The second-order valence-electron chi connectivity index (χ2n) is 6.00. The highest BCUT2D eigenvalue weighted by molar-refractivity contribution is 5.39. The van der Waals surface area contributed by atoms with Crippen molar-refractivity contribution >= 4 is 0 Å². The lowest BCUT2D eigenvalue weighted by atomic mass is 9.97. The molecule has 0 aliphatic carbocycles. The summed E-state index contributed by atoms with van der Waals surface area (Å²) in [6.45, 7) is 5.39. The summed E-state index contributed by atoms with van der Waals surface area (Å²) in [6, 6.07) is 9.79. The number of piperidine rings is 1. The van der Waals surface area contributed by atoms with Gasteiger partial charge < -0.3 is 15.0 Å². The van der Waals surface area contributed by atoms with Crippen LogP contribution >= 0.6 is 0 Å². The molecule has 3 rings (SSSR count). The Kier molecular flexibility index (Phi) is 3.76. The molecule has 0 aromatic heterocycles. The van der Waals surface area contributed by atoms with E-state index in [4.69, 9.17) is 4.74 Å². The van der Waals surface area contributed by atoms with Crippen molar-refractivity contribution in [2.24, 2.45) is 0 Å². The Balaban J connectivity index is 1.54. The summed E-state index contributed by atoms with van der Waals surface area (Å²) in [6.07, 6.45) is 2.52. The van der Waals surface area contributed by atoms with Crippen LogP contribution < -0.4 is 10.1 Å². The van der Waals surface area contributed by atoms with Crippen LogP contribution in [0.3, 0.4) is 0 Å². The van der Waals surface area contributed by atoms with Crippen LogP contribution in [0.4, 0.5) is 0 Å². The molecular weight excluding hydrogens is 236 g/mol. The van der Waals surface area contributed by atoms with E-state index >= 15 is 0 Å². The number of likely N-dealkylation sites (tertiary alicyclic amines) is 1. The third-order valence-corrected chi connectivity index (χ3v) is 4.66. The average Bonchev–Trinajstić information content (AvgIpc) is 2.83. The van der Waals surface area contributed by atoms with E-state index in [9.17, 15) is 0 Å². The number of rotatable bonds is 3. The van der Waals surface area contributed by atoms with Gasteiger partial charge in [-0.15, -0.1) is 0 Å². The van der Waals surface area contributed by atoms with Gasteiger partial charge in [-0.1, -0.05) is 18.2 Å². The zero-order valence-electron chi connectivity index (χ0n) is 11.9. The van der Waals surface area contributed by atoms with E-state index in [-0.39, 0.29) is 0 Å². The Hall–Kier alpha value is -1.06. The minimum absolute atomic E-state index is 0.520. The van der Waals surface area contributed by atoms with Gasteiger partial charge in [-0.05, 0) is 39.4 Å². The van der Waals surface area contributed by atoms with Crippen molar-refractivity contribution in [3.63, 3.8) is 0 Å². The average molecular weight is 260 g/mol. The van der Waals surface area contributed by atoms with Crippen molar-refractivity contribution in [1.29, 1.82) is 0 Å². The normalized spacial score (nSPS) is 30.9. The molecule has 0 spiro atoms. The summed E-state index contributed by atoms with van der Waals surface area (Å²) in [4.78, 5) is 2.45. The maximum atomic E-state index is 5.74. The number of hydrogen-bond acceptors (Lipinski definition) is 3. The Morgan fingerprint density at radius 3 is 3.05 bits per heavy atom. The Morgan fingerprint density at radius 1 is 1.37 bits per heavy atom. The van der Waals surface area contributed by atoms with Gasteiger partial charge in [0, 0.05) is 30.1 Å². The molecule has 1 N–H and O–H groups in total. The molecule has 1 aromatic rings. The number of fused-ring (bicyclic) bond motifs is 1. The summed E-state index contributed by atoms with van der Waals surface area (Å²) >= 11 is 0. The van der Waals surface area contributed by atoms with E-state index < -0.39 is 0 Å². The molecule has 2 heterocycles. The third-order valence-electron chi connectivity index (χ3n) is 4.66. The minimum atomic E-state index is 0.520. The lowest BCUT2D eigenvalue weighted by molar-refractivity contribution is 0.167. The largest absolute Gasteiger partial charge is 0.493 e. The number of benzene rings is 1. The van der Waals surface area contributed by atoms with Crippen LogP contribution in [0, 0.1) is 0 Å². The van der Waals surface area contributed by atoms with Crippen molar-refractivity contribution < 1.29 is 4.74 Å². The van der Waals surface area contributed by atoms with Crippen molar-refractivity contribution in [2.45, 2.75) is 37.8 Å². The summed E-state index contributed by atoms with van der Waals surface area (Å²) < 4.78 is 5.74. The second kappa shape index (κ2) is 5.51. The first-order valence-electron chi connectivity index (χ1n) is 7.39. The van der Waals surface area contributed by atoms with Gasteiger partial charge in [0.25, 0.3) is 0 Å². The molecular formula is C16H24N2O. The first-order valence-corrected chi connectivity index (χ1v) is 7.39. The summed E-state index contributed by atoms with van der Waals surface area (Å²) in [7, 11) is 2.22. The zero-order chi connectivity index (χ0) is 13.2. The van der Waals surface area contributed by atoms with Crippen molar-refractivity contribution in [3.8, 4) is 5.75 Å². The number of nitrogens with zero attached hydrogens (tertiary/aromatic N) is 1. The van der Waals surface area contributed by atoms with E-state index in [1.165, 1.54) is 24.9 Å². The van der Waals surface area contributed by atoms with Crippen molar-refractivity contribution in [1.82, 2.24) is 10.2 Å². The van der Waals surface area contributed by atoms with Gasteiger partial charge >= 0.3 is 0 Å². The molecule has 3 heteroatoms. The van der Waals surface area contributed by atoms with Crippen molar-refractivity contribution in [2.75, 3.05) is 26.7 Å². The molecule has 104 valence electrons. The Bertz CT molecular complexity index is 435. The van der Waals surface area contributed by atoms with Gasteiger partial charge in [0.15, 0.2) is 0 Å². The van der Waals surface area contributed by atoms with Crippen LogP contribution in [-0.2, 0) is 0 Å². The lowest BCUT2D eigenvalue weighted by Gasteiger charge is -2.35. The fraction of sp³-hybridized carbons (Fsp3) is 0.625. The fourth-order valence-corrected chi connectivity index (χ4v) is 3.18. The summed E-state index contributed by atoms with van der Waals surface area (Å²) in [5.74, 6) is 1.59. The van der Waals surface area contributed by atoms with Gasteiger partial charge in [0.1, 0.15) is 5.75 Å². The highest BCUT2D eigenvalue weighted by Gasteiger charge is 2.26. The Morgan fingerprint density at radius 2 is 2.21 bits per heavy atom. The molecule has 2 aliphatic heterocycles. The maximum absolute atomic E-state index is 5.74. The molecule has 3 nitrogen and oxygen atoms in total. The van der Waals surface area contributed by atoms with E-state index in [0.717, 1.165) is 18.9 Å². The molecule has 1 aromatic carbocycles. The molecule has 1 saturated heterocycles. The molecule has 0 radical (unpaired) electrons. The molecule has 19 heavy (non-hydrogen) atoms. The number of nitrogens with one attached hydrogen (secondary N) is 1. The first kappa shape index (κ1) is 12.9. The van der Waals surface area contributed by atoms with E-state index in [2.05, 4.69) is 42.4 Å². The van der Waals surface area contributed by atoms with Crippen LogP contribution in [-0.4, -0.2) is 43.7 Å². The van der Waals surface area contributed by atoms with Gasteiger partial charge in [0.2, 0.25) is 0 Å². The minimum Gasteiger partial charge on any atom is -0.493 e. The number of ether oxygens (including phenoxy) is 1. The van der Waals surface area contributed by atoms with Crippen LogP contribution in [0.1, 0.15) is 31.2 Å². The van der Waals surface area contributed by atoms with Crippen LogP contribution in [0.25, 0.3) is 0 Å². The summed E-state index contributed by atoms with van der Waals surface area (Å²) in [5, 5.41) is 3.75. The maximum Gasteiger partial charge on any atom is 0.122 e. The standard InChI is InChI=1S/C16H24N2O/c1-12-9-14(7-8-18(12)2)17-10-13-11-19-16-6-4-3-5-15(13)16/h3-6,12-14,17H,7-11H2,1-2H3. The third kappa shape index (κ3) is 2.77. The van der Waals surface area contributed by atoms with Crippen LogP contribution in [0.2, 0.25) is 0 Å². The molecule has 3 atom stereocenters. The number of para-hydroxylation sites is 1. The Labute approximate surface area is 115 Å². The summed E-state index contributed by atoms with van der Waals surface area (Å²) in [5.41, 5.74) is 1.37. The van der Waals surface area contributed by atoms with E-state index in [0.29, 0.717) is 18.0 Å². The van der Waals surface area contributed by atoms with Gasteiger partial charge in [-0.25, -0.2) is 0 Å². The van der Waals surface area contributed by atoms with Crippen molar-refractivity contribution in [3.05, 3.63) is 29.8 Å². The SMILES string of the molecule is CC1CC(NCC2COc3ccccc32)CCN1C. The highest BCUT2D eigenvalue weighted by Crippen LogP contribution is 2.33. The van der Waals surface area contributed by atoms with Crippen LogP contribution in [0.5, 0.6) is 5.75 Å². The molecule has 1 fully saturated rings. The topological polar surface area (TPSA) is 24.5 Å². The van der Waals surface area contributed by atoms with Gasteiger partial charge in [-0.2, -0.15) is 0 Å². The first-order chi connectivity index (χ1) is 9.24. The lowest BCUT2D eigenvalue weighted by Crippen LogP contribution is -2.46. The monoisotopic (exact) mass is 260 g/mol. The predicted octanol–water partition coefficient (Wildman–Crippen LogP) is 2.23. The smallest absolute Gasteiger partial charge is 0.122 e. The second-order valence-corrected chi connectivity index (χ2v) is 6.00. The zero-order valence-corrected chi connectivity index (χ0v) is 11.9. The van der Waals surface area contributed by atoms with E-state index in [1.54, 1.807) is 0 Å². The molecule has 2 aliphatic rings. The van der Waals surface area contributed by atoms with Gasteiger partial charge in [0.05, 0.1) is 6.61 Å². The highest BCUT2D eigenvalue weighted by atomic mass is 16.5. The molecule has 0 saturated carbocycles. The molecule has 3 unspecified atom stereocenters. The number of hydrogen-bond donors (Lipinski definition) is 1. The van der Waals surface area contributed by atoms with E-state index in [1.807, 2.05) is 6.07 Å². The molecule has 0 bridgehead atoms. The molecule has 0 amide bonds. The predicted molar refractivity (Wildman–Crippen MR) is 77.8 cm³/mol.